The van der Waals surface area contributed by atoms with E-state index in [1.54, 1.807) is 0 Å². The molecule has 0 aromatic rings. The third kappa shape index (κ3) is 61.5. The molecule has 0 rings (SSSR count). The van der Waals surface area contributed by atoms with Crippen LogP contribution < -0.4 is 5.73 Å². The fourth-order valence-electron chi connectivity index (χ4n) is 8.27. The number of phosphoric ester groups is 1. The molecule has 3 N–H and O–H groups in total. The molecule has 77 heavy (non-hydrogen) atoms. The lowest BCUT2D eigenvalue weighted by molar-refractivity contribution is -0.161. The Morgan fingerprint density at radius 2 is 0.714 bits per heavy atom. The number of rotatable bonds is 57. The molecule has 0 aliphatic rings. The van der Waals surface area contributed by atoms with E-state index in [0.29, 0.717) is 12.8 Å². The molecule has 0 amide bonds. The second-order valence-corrected chi connectivity index (χ2v) is 21.6. The SMILES string of the molecule is CC/C=C\C/C=C\C/C=C\C/C=C\C/C=C\C/C=C\C/C=C\CCCCCCCCCCCCCCCCCC(=O)OC(COC(=O)CCCCCCCC/C=C\C/C=C\C/C=C\CCCCC)COP(=O)(O)OCCN. The molecule has 9 nitrogen and oxygen atoms in total. The van der Waals surface area contributed by atoms with Crippen LogP contribution in [0.2, 0.25) is 0 Å². The standard InChI is InChI=1S/C67H114NO8P/c1-3-5-7-9-11-13-15-17-19-21-23-24-25-26-27-28-29-30-31-32-33-34-35-36-37-38-39-40-42-44-46-48-50-52-54-56-58-60-67(70)76-65(64-75-77(71,72)74-62-61-68)63-73-66(69)59-57-55-53-51-49-47-45-43-41-22-20-18-16-14-12-10-8-6-4-2/h5,7,11-14,17-20,23-24,26-27,29-30,32-33,41,43,65H,3-4,6,8-10,15-16,21-22,25,28,31,34-40,42,44-64,68H2,1-2H3,(H,71,72)/b7-5-,13-11-,14-12-,19-17-,20-18-,24-23-,27-26-,30-29-,33-32-,43-41-. The van der Waals surface area contributed by atoms with Gasteiger partial charge in [0.2, 0.25) is 0 Å². The van der Waals surface area contributed by atoms with E-state index in [0.717, 1.165) is 109 Å². The number of carbonyl (C=O) groups excluding carboxylic acids is 2. The molecule has 10 heteroatoms. The quantitative estimate of drug-likeness (QED) is 0.0264. The smallest absolute Gasteiger partial charge is 0.462 e. The third-order valence-corrected chi connectivity index (χ3v) is 13.8. The van der Waals surface area contributed by atoms with Crippen LogP contribution in [0.25, 0.3) is 0 Å². The van der Waals surface area contributed by atoms with Crippen molar-refractivity contribution in [2.24, 2.45) is 5.73 Å². The summed E-state index contributed by atoms with van der Waals surface area (Å²) in [5.74, 6) is -0.844. The van der Waals surface area contributed by atoms with E-state index in [2.05, 4.69) is 135 Å². The van der Waals surface area contributed by atoms with Crippen LogP contribution in [-0.4, -0.2) is 49.3 Å². The molecule has 0 aliphatic heterocycles. The number of esters is 2. The van der Waals surface area contributed by atoms with E-state index >= 15 is 0 Å². The van der Waals surface area contributed by atoms with E-state index in [1.807, 2.05) is 0 Å². The van der Waals surface area contributed by atoms with Gasteiger partial charge in [-0.2, -0.15) is 0 Å². The molecule has 0 spiro atoms. The van der Waals surface area contributed by atoms with Crippen LogP contribution >= 0.6 is 7.82 Å². The van der Waals surface area contributed by atoms with E-state index < -0.39 is 32.5 Å². The van der Waals surface area contributed by atoms with E-state index in [4.69, 9.17) is 24.3 Å². The number of allylic oxidation sites excluding steroid dienone is 20. The molecule has 0 bridgehead atoms. The van der Waals surface area contributed by atoms with Crippen LogP contribution in [0.3, 0.4) is 0 Å². The molecule has 0 aromatic heterocycles. The first-order valence-electron chi connectivity index (χ1n) is 31.0. The molecule has 0 heterocycles. The Kier molecular flexibility index (Phi) is 58.7. The molecule has 0 radical (unpaired) electrons. The Labute approximate surface area is 472 Å². The minimum absolute atomic E-state index is 0.0469. The molecular formula is C67H114NO8P. The summed E-state index contributed by atoms with van der Waals surface area (Å²) in [6.45, 7) is 3.59. The van der Waals surface area contributed by atoms with Gasteiger partial charge in [-0.25, -0.2) is 4.57 Å². The van der Waals surface area contributed by atoms with Crippen molar-refractivity contribution in [3.63, 3.8) is 0 Å². The molecule has 0 saturated heterocycles. The Morgan fingerprint density at radius 3 is 1.06 bits per heavy atom. The maximum absolute atomic E-state index is 12.7. The lowest BCUT2D eigenvalue weighted by Crippen LogP contribution is -2.29. The number of unbranched alkanes of at least 4 members (excludes halogenated alkanes) is 24. The van der Waals surface area contributed by atoms with Gasteiger partial charge >= 0.3 is 19.8 Å². The van der Waals surface area contributed by atoms with Gasteiger partial charge in [0.15, 0.2) is 6.10 Å². The van der Waals surface area contributed by atoms with Crippen LogP contribution in [0.4, 0.5) is 0 Å². The average Bonchev–Trinajstić information content (AvgIpc) is 3.42. The second-order valence-electron chi connectivity index (χ2n) is 20.2. The summed E-state index contributed by atoms with van der Waals surface area (Å²) in [7, 11) is -4.40. The molecule has 2 atom stereocenters. The highest BCUT2D eigenvalue weighted by atomic mass is 31.2. The van der Waals surface area contributed by atoms with Gasteiger partial charge in [0.1, 0.15) is 6.61 Å². The van der Waals surface area contributed by atoms with E-state index in [1.165, 1.54) is 109 Å². The molecule has 2 unspecified atom stereocenters. The van der Waals surface area contributed by atoms with Gasteiger partial charge in [0.25, 0.3) is 0 Å². The fourth-order valence-corrected chi connectivity index (χ4v) is 9.04. The number of carbonyl (C=O) groups is 2. The summed E-state index contributed by atoms with van der Waals surface area (Å²) in [4.78, 5) is 35.2. The zero-order valence-electron chi connectivity index (χ0n) is 49.2. The van der Waals surface area contributed by atoms with Crippen molar-refractivity contribution in [1.82, 2.24) is 0 Å². The highest BCUT2D eigenvalue weighted by Crippen LogP contribution is 2.43. The minimum Gasteiger partial charge on any atom is -0.462 e. The van der Waals surface area contributed by atoms with Crippen molar-refractivity contribution >= 4 is 19.8 Å². The summed E-state index contributed by atoms with van der Waals surface area (Å²) in [6, 6.07) is 0. The molecule has 440 valence electrons. The Balaban J connectivity index is 3.93. The lowest BCUT2D eigenvalue weighted by atomic mass is 10.0. The van der Waals surface area contributed by atoms with Crippen molar-refractivity contribution < 1.29 is 37.6 Å². The molecule has 0 aliphatic carbocycles. The Morgan fingerprint density at radius 1 is 0.403 bits per heavy atom. The van der Waals surface area contributed by atoms with Gasteiger partial charge in [-0.1, -0.05) is 257 Å². The lowest BCUT2D eigenvalue weighted by Gasteiger charge is -2.19. The van der Waals surface area contributed by atoms with Crippen LogP contribution in [0, 0.1) is 0 Å². The van der Waals surface area contributed by atoms with Gasteiger partial charge in [0, 0.05) is 19.4 Å². The second kappa shape index (κ2) is 61.6. The summed E-state index contributed by atoms with van der Waals surface area (Å²) < 4.78 is 33.1. The number of ether oxygens (including phenoxy) is 2. The van der Waals surface area contributed by atoms with Crippen LogP contribution in [0.5, 0.6) is 0 Å². The average molecular weight is 1090 g/mol. The normalized spacial score (nSPS) is 13.9. The minimum atomic E-state index is -4.40. The van der Waals surface area contributed by atoms with Crippen molar-refractivity contribution in [3.05, 3.63) is 122 Å². The molecule has 0 fully saturated rings. The summed E-state index contributed by atoms with van der Waals surface area (Å²) >= 11 is 0. The topological polar surface area (TPSA) is 134 Å². The molecular weight excluding hydrogens is 978 g/mol. The van der Waals surface area contributed by atoms with Crippen LogP contribution in [0.1, 0.15) is 258 Å². The number of hydrogen-bond acceptors (Lipinski definition) is 8. The summed E-state index contributed by atoms with van der Waals surface area (Å²) in [5.41, 5.74) is 5.38. The predicted molar refractivity (Wildman–Crippen MR) is 330 cm³/mol. The number of nitrogens with two attached hydrogens (primary N) is 1. The van der Waals surface area contributed by atoms with Crippen molar-refractivity contribution in [2.75, 3.05) is 26.4 Å². The van der Waals surface area contributed by atoms with Gasteiger partial charge < -0.3 is 20.1 Å². The monoisotopic (exact) mass is 1090 g/mol. The van der Waals surface area contributed by atoms with E-state index in [9.17, 15) is 19.0 Å². The zero-order chi connectivity index (χ0) is 55.9. The molecule has 0 aromatic carbocycles. The first-order chi connectivity index (χ1) is 37.8. The predicted octanol–water partition coefficient (Wildman–Crippen LogP) is 20.0. The van der Waals surface area contributed by atoms with Gasteiger partial charge in [-0.3, -0.25) is 18.6 Å². The summed E-state index contributed by atoms with van der Waals surface area (Å²) in [6.07, 6.45) is 85.5. The van der Waals surface area contributed by atoms with Gasteiger partial charge in [-0.05, 0) is 109 Å². The Bertz CT molecular complexity index is 1670. The van der Waals surface area contributed by atoms with Crippen molar-refractivity contribution in [2.45, 2.75) is 264 Å². The van der Waals surface area contributed by atoms with Crippen molar-refractivity contribution in [3.8, 4) is 0 Å². The third-order valence-electron chi connectivity index (χ3n) is 12.8. The van der Waals surface area contributed by atoms with Crippen LogP contribution in [-0.2, 0) is 32.7 Å². The first kappa shape index (κ1) is 73.4. The molecule has 0 saturated carbocycles. The van der Waals surface area contributed by atoms with Gasteiger partial charge in [0.05, 0.1) is 13.2 Å². The van der Waals surface area contributed by atoms with Crippen molar-refractivity contribution in [1.29, 1.82) is 0 Å². The first-order valence-corrected chi connectivity index (χ1v) is 32.5. The highest BCUT2D eigenvalue weighted by Gasteiger charge is 2.26. The highest BCUT2D eigenvalue weighted by molar-refractivity contribution is 7.47. The summed E-state index contributed by atoms with van der Waals surface area (Å²) in [5, 5.41) is 0. The van der Waals surface area contributed by atoms with Crippen LogP contribution in [0.15, 0.2) is 122 Å². The maximum atomic E-state index is 12.7. The number of hydrogen-bond donors (Lipinski definition) is 2. The fraction of sp³-hybridized carbons (Fsp3) is 0.672. The number of phosphoric acid groups is 1. The van der Waals surface area contributed by atoms with E-state index in [-0.39, 0.29) is 32.6 Å². The Hall–Kier alpha value is -3.59. The largest absolute Gasteiger partial charge is 0.472 e. The maximum Gasteiger partial charge on any atom is 0.472 e. The zero-order valence-corrected chi connectivity index (χ0v) is 50.0. The van der Waals surface area contributed by atoms with Gasteiger partial charge in [-0.15, -0.1) is 0 Å².